The molecule has 98 valence electrons. The van der Waals surface area contributed by atoms with Crippen molar-refractivity contribution in [2.75, 3.05) is 0 Å². The molecule has 0 bridgehead atoms. The Kier molecular flexibility index (Phi) is 3.83. The van der Waals surface area contributed by atoms with Gasteiger partial charge in [-0.3, -0.25) is 0 Å². The van der Waals surface area contributed by atoms with Crippen molar-refractivity contribution in [3.8, 4) is 0 Å². The smallest absolute Gasteiger partial charge is 0.0542 e. The van der Waals surface area contributed by atoms with Gasteiger partial charge in [0.2, 0.25) is 0 Å². The number of hydrogen-bond donors (Lipinski definition) is 1. The third kappa shape index (κ3) is 2.81. The molecule has 19 heavy (non-hydrogen) atoms. The van der Waals surface area contributed by atoms with Gasteiger partial charge in [-0.1, -0.05) is 48.0 Å². The average Bonchev–Trinajstić information content (AvgIpc) is 3.22. The van der Waals surface area contributed by atoms with Gasteiger partial charge in [-0.25, -0.2) is 0 Å². The van der Waals surface area contributed by atoms with E-state index >= 15 is 0 Å². The van der Waals surface area contributed by atoms with E-state index in [2.05, 4.69) is 59.0 Å². The maximum absolute atomic E-state index is 6.39. The van der Waals surface area contributed by atoms with Crippen LogP contribution in [0.4, 0.5) is 0 Å². The first-order valence-corrected chi connectivity index (χ1v) is 7.88. The average molecular weight is 384 g/mol. The summed E-state index contributed by atoms with van der Waals surface area (Å²) in [6.45, 7) is 0. The first kappa shape index (κ1) is 13.4. The van der Waals surface area contributed by atoms with Gasteiger partial charge in [0.25, 0.3) is 0 Å². The van der Waals surface area contributed by atoms with E-state index in [0.29, 0.717) is 11.8 Å². The number of rotatable bonds is 3. The molecule has 3 unspecified atom stereocenters. The maximum Gasteiger partial charge on any atom is 0.0542 e. The second-order valence-corrected chi connectivity index (χ2v) is 6.69. The van der Waals surface area contributed by atoms with Gasteiger partial charge in [0, 0.05) is 9.61 Å². The van der Waals surface area contributed by atoms with E-state index in [9.17, 15) is 0 Å². The van der Waals surface area contributed by atoms with Crippen molar-refractivity contribution in [1.82, 2.24) is 0 Å². The summed E-state index contributed by atoms with van der Waals surface area (Å²) in [5.41, 5.74) is 8.94. The fourth-order valence-corrected chi connectivity index (χ4v) is 3.19. The topological polar surface area (TPSA) is 26.0 Å². The molecule has 2 aromatic rings. The lowest BCUT2D eigenvalue weighted by molar-refractivity contribution is 0.615. The predicted molar refractivity (Wildman–Crippen MR) is 88.4 cm³/mol. The van der Waals surface area contributed by atoms with Gasteiger partial charge in [-0.2, -0.15) is 0 Å². The van der Waals surface area contributed by atoms with E-state index in [-0.39, 0.29) is 6.04 Å². The molecule has 2 N–H and O–H groups in total. The highest BCUT2D eigenvalue weighted by Crippen LogP contribution is 2.53. The van der Waals surface area contributed by atoms with E-state index in [0.717, 1.165) is 14.2 Å². The van der Waals surface area contributed by atoms with Crippen LogP contribution in [0.3, 0.4) is 0 Å². The van der Waals surface area contributed by atoms with Crippen molar-refractivity contribution in [1.29, 1.82) is 0 Å². The number of nitrogens with two attached hydrogens (primary N) is 1. The Morgan fingerprint density at radius 2 is 1.89 bits per heavy atom. The molecule has 1 nitrogen and oxygen atoms in total. The molecule has 0 spiro atoms. The van der Waals surface area contributed by atoms with Gasteiger partial charge in [0.05, 0.1) is 5.02 Å². The van der Waals surface area contributed by atoms with Gasteiger partial charge >= 0.3 is 0 Å². The van der Waals surface area contributed by atoms with Crippen LogP contribution in [-0.4, -0.2) is 0 Å². The number of benzene rings is 2. The zero-order valence-electron chi connectivity index (χ0n) is 10.4. The van der Waals surface area contributed by atoms with Gasteiger partial charge in [0.15, 0.2) is 0 Å². The molecule has 3 rings (SSSR count). The number of halogens is 2. The van der Waals surface area contributed by atoms with E-state index in [1.807, 2.05) is 12.1 Å². The molecule has 0 heterocycles. The Morgan fingerprint density at radius 1 is 1.16 bits per heavy atom. The van der Waals surface area contributed by atoms with Crippen molar-refractivity contribution >= 4 is 34.2 Å². The minimum atomic E-state index is 0.0831. The SMILES string of the molecule is NC(c1ccc(I)c(Cl)c1)C1CC1c1ccccc1. The Balaban J connectivity index is 1.76. The van der Waals surface area contributed by atoms with Crippen LogP contribution in [0.2, 0.25) is 5.02 Å². The molecule has 1 aliphatic carbocycles. The van der Waals surface area contributed by atoms with E-state index in [1.54, 1.807) is 0 Å². The van der Waals surface area contributed by atoms with Crippen LogP contribution in [0.25, 0.3) is 0 Å². The Labute approximate surface area is 132 Å². The van der Waals surface area contributed by atoms with Crippen molar-refractivity contribution in [3.63, 3.8) is 0 Å². The molecule has 2 aromatic carbocycles. The van der Waals surface area contributed by atoms with Crippen LogP contribution >= 0.6 is 34.2 Å². The quantitative estimate of drug-likeness (QED) is 0.761. The van der Waals surface area contributed by atoms with Crippen LogP contribution in [0.15, 0.2) is 48.5 Å². The van der Waals surface area contributed by atoms with E-state index in [4.69, 9.17) is 17.3 Å². The zero-order valence-corrected chi connectivity index (χ0v) is 13.3. The predicted octanol–water partition coefficient (Wildman–Crippen LogP) is 4.75. The number of hydrogen-bond acceptors (Lipinski definition) is 1. The summed E-state index contributed by atoms with van der Waals surface area (Å²) in [5.74, 6) is 1.15. The summed E-state index contributed by atoms with van der Waals surface area (Å²) < 4.78 is 1.07. The lowest BCUT2D eigenvalue weighted by Gasteiger charge is -2.13. The zero-order chi connectivity index (χ0) is 13.4. The van der Waals surface area contributed by atoms with Crippen molar-refractivity contribution < 1.29 is 0 Å². The second kappa shape index (κ2) is 5.43. The standard InChI is InChI=1S/C16H15ClIN/c17-14-8-11(6-7-15(14)18)16(19)13-9-12(13)10-4-2-1-3-5-10/h1-8,12-13,16H,9,19H2. The molecule has 3 heteroatoms. The highest BCUT2D eigenvalue weighted by atomic mass is 127. The third-order valence-electron chi connectivity index (χ3n) is 3.86. The summed E-state index contributed by atoms with van der Waals surface area (Å²) >= 11 is 8.41. The van der Waals surface area contributed by atoms with E-state index < -0.39 is 0 Å². The molecule has 0 saturated heterocycles. The highest BCUT2D eigenvalue weighted by Gasteiger charge is 2.42. The van der Waals surface area contributed by atoms with Crippen molar-refractivity contribution in [2.24, 2.45) is 11.7 Å². The van der Waals surface area contributed by atoms with Crippen LogP contribution in [0, 0.1) is 9.49 Å². The lowest BCUT2D eigenvalue weighted by atomic mass is 10.00. The Hall–Kier alpha value is -0.580. The van der Waals surface area contributed by atoms with Gasteiger partial charge in [-0.15, -0.1) is 0 Å². The Morgan fingerprint density at radius 3 is 2.58 bits per heavy atom. The van der Waals surface area contributed by atoms with Crippen molar-refractivity contribution in [2.45, 2.75) is 18.4 Å². The minimum absolute atomic E-state index is 0.0831. The van der Waals surface area contributed by atoms with Crippen molar-refractivity contribution in [3.05, 3.63) is 68.3 Å². The van der Waals surface area contributed by atoms with Crippen LogP contribution in [0.1, 0.15) is 29.5 Å². The molecule has 0 amide bonds. The molecule has 0 aliphatic heterocycles. The van der Waals surface area contributed by atoms with E-state index in [1.165, 1.54) is 12.0 Å². The first-order chi connectivity index (χ1) is 9.16. The summed E-state index contributed by atoms with van der Waals surface area (Å²) in [6, 6.07) is 16.9. The monoisotopic (exact) mass is 383 g/mol. The largest absolute Gasteiger partial charge is 0.324 e. The Bertz CT molecular complexity index is 585. The minimum Gasteiger partial charge on any atom is -0.324 e. The maximum atomic E-state index is 6.39. The summed E-state index contributed by atoms with van der Waals surface area (Å²) in [5, 5.41) is 0.797. The molecule has 1 aliphatic rings. The highest BCUT2D eigenvalue weighted by molar-refractivity contribution is 14.1. The summed E-state index contributed by atoms with van der Waals surface area (Å²) in [6.07, 6.45) is 1.18. The second-order valence-electron chi connectivity index (χ2n) is 5.12. The van der Waals surface area contributed by atoms with Crippen LogP contribution in [0.5, 0.6) is 0 Å². The molecule has 1 fully saturated rings. The molecule has 3 atom stereocenters. The molecule has 1 saturated carbocycles. The first-order valence-electron chi connectivity index (χ1n) is 6.42. The third-order valence-corrected chi connectivity index (χ3v) is 5.43. The van der Waals surface area contributed by atoms with Gasteiger partial charge in [0.1, 0.15) is 0 Å². The molecule has 0 aromatic heterocycles. The fraction of sp³-hybridized carbons (Fsp3) is 0.250. The van der Waals surface area contributed by atoms with Crippen LogP contribution in [-0.2, 0) is 0 Å². The summed E-state index contributed by atoms with van der Waals surface area (Å²) in [7, 11) is 0. The van der Waals surface area contributed by atoms with Gasteiger partial charge < -0.3 is 5.73 Å². The lowest BCUT2D eigenvalue weighted by Crippen LogP contribution is -2.13. The molecular weight excluding hydrogens is 369 g/mol. The normalized spacial score (nSPS) is 23.1. The van der Waals surface area contributed by atoms with Crippen LogP contribution < -0.4 is 5.73 Å². The van der Waals surface area contributed by atoms with Gasteiger partial charge in [-0.05, 0) is 64.1 Å². The molecule has 0 radical (unpaired) electrons. The molecular formula is C16H15ClIN. The fourth-order valence-electron chi connectivity index (χ4n) is 2.66. The summed E-state index contributed by atoms with van der Waals surface area (Å²) in [4.78, 5) is 0.